The zero-order chi connectivity index (χ0) is 16.0. The van der Waals surface area contributed by atoms with Crippen molar-refractivity contribution >= 4 is 5.91 Å². The van der Waals surface area contributed by atoms with Gasteiger partial charge in [-0.25, -0.2) is 0 Å². The molecule has 1 saturated heterocycles. The van der Waals surface area contributed by atoms with Crippen LogP contribution in [0.2, 0.25) is 0 Å². The minimum absolute atomic E-state index is 0.183. The third-order valence-corrected chi connectivity index (χ3v) is 3.01. The summed E-state index contributed by atoms with van der Waals surface area (Å²) in [5.74, 6) is 0.648. The number of likely N-dealkylation sites (tertiary alicyclic amines) is 1. The molecule has 1 fully saturated rings. The highest BCUT2D eigenvalue weighted by Crippen LogP contribution is 2.24. The van der Waals surface area contributed by atoms with E-state index in [4.69, 9.17) is 0 Å². The predicted octanol–water partition coefficient (Wildman–Crippen LogP) is 4.99. The highest BCUT2D eigenvalue weighted by molar-refractivity contribution is 5.73. The fourth-order valence-corrected chi connectivity index (χ4v) is 2.19. The second kappa shape index (κ2) is 14.1. The second-order valence-corrected chi connectivity index (χ2v) is 4.21. The number of nitrogens with zero attached hydrogens (tertiary/aromatic N) is 1. The number of carbonyl (C=O) groups is 1. The molecule has 1 unspecified atom stereocenters. The Morgan fingerprint density at radius 2 is 1.85 bits per heavy atom. The molecule has 0 aliphatic carbocycles. The Kier molecular flexibility index (Phi) is 14.8. The van der Waals surface area contributed by atoms with Gasteiger partial charge in [0, 0.05) is 25.9 Å². The average Bonchev–Trinajstić information content (AvgIpc) is 2.51. The summed E-state index contributed by atoms with van der Waals surface area (Å²) in [6.45, 7) is 17.2. The monoisotopic (exact) mass is 279 g/mol. The van der Waals surface area contributed by atoms with Gasteiger partial charge in [-0.3, -0.25) is 4.79 Å². The molecule has 2 nitrogen and oxygen atoms in total. The molecule has 1 rings (SSSR count). The van der Waals surface area contributed by atoms with Gasteiger partial charge < -0.3 is 4.90 Å². The Morgan fingerprint density at radius 3 is 2.30 bits per heavy atom. The van der Waals surface area contributed by atoms with Gasteiger partial charge in [-0.2, -0.15) is 0 Å². The maximum Gasteiger partial charge on any atom is 0.219 e. The zero-order valence-electron chi connectivity index (χ0n) is 14.3. The van der Waals surface area contributed by atoms with Crippen LogP contribution in [0.4, 0.5) is 0 Å². The summed E-state index contributed by atoms with van der Waals surface area (Å²) >= 11 is 0. The largest absolute Gasteiger partial charge is 0.342 e. The van der Waals surface area contributed by atoms with Crippen LogP contribution in [0.3, 0.4) is 0 Å². The van der Waals surface area contributed by atoms with Crippen LogP contribution in [0.5, 0.6) is 0 Å². The number of amides is 1. The smallest absolute Gasteiger partial charge is 0.219 e. The quantitative estimate of drug-likeness (QED) is 0.667. The van der Waals surface area contributed by atoms with Crippen LogP contribution in [0.1, 0.15) is 54.4 Å². The average molecular weight is 279 g/mol. The minimum atomic E-state index is 0.183. The molecule has 1 atom stereocenters. The van der Waals surface area contributed by atoms with Crippen molar-refractivity contribution in [3.63, 3.8) is 0 Å². The Labute approximate surface area is 126 Å². The molecule has 0 spiro atoms. The van der Waals surface area contributed by atoms with Crippen LogP contribution in [0.15, 0.2) is 36.5 Å². The highest BCUT2D eigenvalue weighted by Gasteiger charge is 2.22. The summed E-state index contributed by atoms with van der Waals surface area (Å²) in [7, 11) is 0. The van der Waals surface area contributed by atoms with Crippen molar-refractivity contribution in [2.45, 2.75) is 54.4 Å². The van der Waals surface area contributed by atoms with E-state index >= 15 is 0 Å². The lowest BCUT2D eigenvalue weighted by molar-refractivity contribution is -0.130. The molecule has 1 aliphatic heterocycles. The maximum absolute atomic E-state index is 11.4. The van der Waals surface area contributed by atoms with Crippen LogP contribution < -0.4 is 0 Å². The van der Waals surface area contributed by atoms with E-state index in [0.29, 0.717) is 5.92 Å². The van der Waals surface area contributed by atoms with Crippen LogP contribution in [-0.2, 0) is 4.79 Å². The highest BCUT2D eigenvalue weighted by atomic mass is 16.2. The van der Waals surface area contributed by atoms with Gasteiger partial charge in [-0.05, 0) is 25.3 Å². The van der Waals surface area contributed by atoms with E-state index in [1.54, 1.807) is 6.92 Å². The van der Waals surface area contributed by atoms with Crippen LogP contribution >= 0.6 is 0 Å². The van der Waals surface area contributed by atoms with Crippen molar-refractivity contribution in [2.24, 2.45) is 5.92 Å². The van der Waals surface area contributed by atoms with Gasteiger partial charge >= 0.3 is 0 Å². The van der Waals surface area contributed by atoms with E-state index in [2.05, 4.69) is 12.7 Å². The molecule has 0 aromatic carbocycles. The van der Waals surface area contributed by atoms with Crippen molar-refractivity contribution in [1.29, 1.82) is 0 Å². The van der Waals surface area contributed by atoms with E-state index in [9.17, 15) is 4.79 Å². The molecular weight excluding hydrogens is 246 g/mol. The molecule has 0 aromatic heterocycles. The van der Waals surface area contributed by atoms with Crippen molar-refractivity contribution in [3.8, 4) is 0 Å². The van der Waals surface area contributed by atoms with Crippen LogP contribution in [0, 0.1) is 5.92 Å². The van der Waals surface area contributed by atoms with Crippen LogP contribution in [0.25, 0.3) is 0 Å². The van der Waals surface area contributed by atoms with Crippen molar-refractivity contribution in [1.82, 2.24) is 4.90 Å². The molecule has 1 amide bonds. The maximum atomic E-state index is 11.4. The molecule has 1 heterocycles. The molecule has 0 bridgehead atoms. The van der Waals surface area contributed by atoms with E-state index in [0.717, 1.165) is 25.9 Å². The Hall–Kier alpha value is -1.31. The van der Waals surface area contributed by atoms with Crippen molar-refractivity contribution in [3.05, 3.63) is 36.5 Å². The summed E-state index contributed by atoms with van der Waals surface area (Å²) in [6.07, 6.45) is 10.3. The van der Waals surface area contributed by atoms with Gasteiger partial charge in [0.05, 0.1) is 0 Å². The molecular formula is C18H33NO. The summed E-state index contributed by atoms with van der Waals surface area (Å²) in [5, 5.41) is 0. The van der Waals surface area contributed by atoms with Gasteiger partial charge in [0.2, 0.25) is 5.91 Å². The molecule has 0 aromatic rings. The second-order valence-electron chi connectivity index (χ2n) is 4.21. The summed E-state index contributed by atoms with van der Waals surface area (Å²) < 4.78 is 0. The van der Waals surface area contributed by atoms with Gasteiger partial charge in [0.25, 0.3) is 0 Å². The number of hydrogen-bond donors (Lipinski definition) is 0. The van der Waals surface area contributed by atoms with Crippen LogP contribution in [-0.4, -0.2) is 23.9 Å². The predicted molar refractivity (Wildman–Crippen MR) is 90.8 cm³/mol. The fraction of sp³-hybridized carbons (Fsp3) is 0.611. The Balaban J connectivity index is 0. The van der Waals surface area contributed by atoms with E-state index in [-0.39, 0.29) is 5.91 Å². The molecule has 20 heavy (non-hydrogen) atoms. The number of carbonyl (C=O) groups excluding carboxylic acids is 1. The number of hydrogen-bond acceptors (Lipinski definition) is 1. The molecule has 1 aliphatic rings. The van der Waals surface area contributed by atoms with E-state index in [1.807, 2.05) is 57.7 Å². The SMILES string of the molecule is C=C/C=C(\C=C/C)C1CCCN(C(C)=O)C1.CC.CC. The van der Waals surface area contributed by atoms with E-state index < -0.39 is 0 Å². The number of rotatable bonds is 3. The topological polar surface area (TPSA) is 20.3 Å². The van der Waals surface area contributed by atoms with Gasteiger partial charge in [-0.1, -0.05) is 58.6 Å². The number of allylic oxidation sites excluding steroid dienone is 4. The third kappa shape index (κ3) is 7.98. The van der Waals surface area contributed by atoms with Gasteiger partial charge in [0.15, 0.2) is 0 Å². The minimum Gasteiger partial charge on any atom is -0.342 e. The molecule has 116 valence electrons. The third-order valence-electron chi connectivity index (χ3n) is 3.01. The Morgan fingerprint density at radius 1 is 1.25 bits per heavy atom. The van der Waals surface area contributed by atoms with E-state index in [1.165, 1.54) is 5.57 Å². The van der Waals surface area contributed by atoms with Crippen molar-refractivity contribution in [2.75, 3.05) is 13.1 Å². The lowest BCUT2D eigenvalue weighted by atomic mass is 9.89. The summed E-state index contributed by atoms with van der Waals surface area (Å²) in [4.78, 5) is 13.3. The first kappa shape index (κ1) is 21.0. The molecule has 0 saturated carbocycles. The fourth-order valence-electron chi connectivity index (χ4n) is 2.19. The normalized spacial score (nSPS) is 18.6. The number of piperidine rings is 1. The van der Waals surface area contributed by atoms with Crippen molar-refractivity contribution < 1.29 is 4.79 Å². The molecule has 0 radical (unpaired) electrons. The van der Waals surface area contributed by atoms with Gasteiger partial charge in [-0.15, -0.1) is 0 Å². The molecule has 0 N–H and O–H groups in total. The summed E-state index contributed by atoms with van der Waals surface area (Å²) in [5.41, 5.74) is 1.28. The lowest BCUT2D eigenvalue weighted by Crippen LogP contribution is -2.38. The first-order valence-corrected chi connectivity index (χ1v) is 7.89. The zero-order valence-corrected chi connectivity index (χ0v) is 14.3. The first-order chi connectivity index (χ1) is 9.69. The lowest BCUT2D eigenvalue weighted by Gasteiger charge is -2.32. The standard InChI is InChI=1S/C14H21NO.2C2H6/c1-4-7-13(8-5-2)14-9-6-10-15(11-14)12(3)16;2*1-2/h4-5,7-8,14H,1,6,9-11H2,2-3H3;2*1-2H3/b8-5-,13-7+;;. The first-order valence-electron chi connectivity index (χ1n) is 7.89. The Bertz CT molecular complexity index is 315. The summed E-state index contributed by atoms with van der Waals surface area (Å²) in [6, 6.07) is 0. The van der Waals surface area contributed by atoms with Gasteiger partial charge in [0.1, 0.15) is 0 Å². The molecule has 2 heteroatoms.